The van der Waals surface area contributed by atoms with Crippen LogP contribution in [0, 0.1) is 0 Å². The molecule has 1 aromatic carbocycles. The van der Waals surface area contributed by atoms with E-state index in [0.717, 1.165) is 39.1 Å². The molecule has 122 valence electrons. The van der Waals surface area contributed by atoms with Gasteiger partial charge < -0.3 is 19.7 Å². The minimum absolute atomic E-state index is 0.0663. The highest BCUT2D eigenvalue weighted by atomic mass is 16.5. The molecular weight excluding hydrogens is 282 g/mol. The highest BCUT2D eigenvalue weighted by Crippen LogP contribution is 2.29. The number of hydrogen-bond acceptors (Lipinski definition) is 4. The molecule has 2 amide bonds. The number of urea groups is 1. The molecule has 0 saturated carbocycles. The molecule has 1 aromatic rings. The molecule has 22 heavy (non-hydrogen) atoms. The van der Waals surface area contributed by atoms with Gasteiger partial charge in [-0.2, -0.15) is 0 Å². The Morgan fingerprint density at radius 1 is 1.14 bits per heavy atom. The molecule has 1 aliphatic heterocycles. The number of ether oxygens (including phenoxy) is 2. The van der Waals surface area contributed by atoms with Crippen LogP contribution in [0.5, 0.6) is 11.5 Å². The first-order valence-electron chi connectivity index (χ1n) is 7.68. The largest absolute Gasteiger partial charge is 0.493 e. The van der Waals surface area contributed by atoms with Crippen LogP contribution in [0.4, 0.5) is 10.5 Å². The van der Waals surface area contributed by atoms with E-state index in [2.05, 4.69) is 17.1 Å². The zero-order chi connectivity index (χ0) is 15.9. The average molecular weight is 307 g/mol. The lowest BCUT2D eigenvalue weighted by atomic mass is 10.2. The van der Waals surface area contributed by atoms with Gasteiger partial charge in [-0.1, -0.05) is 6.92 Å². The first-order chi connectivity index (χ1) is 10.7. The van der Waals surface area contributed by atoms with Gasteiger partial charge in [0.2, 0.25) is 0 Å². The Morgan fingerprint density at radius 3 is 2.41 bits per heavy atom. The van der Waals surface area contributed by atoms with Crippen molar-refractivity contribution in [1.29, 1.82) is 0 Å². The van der Waals surface area contributed by atoms with Gasteiger partial charge in [-0.25, -0.2) is 4.79 Å². The summed E-state index contributed by atoms with van der Waals surface area (Å²) in [7, 11) is 3.17. The van der Waals surface area contributed by atoms with Crippen LogP contribution in [0.15, 0.2) is 18.2 Å². The van der Waals surface area contributed by atoms with Crippen LogP contribution in [-0.4, -0.2) is 62.8 Å². The van der Waals surface area contributed by atoms with Gasteiger partial charge in [0.15, 0.2) is 11.5 Å². The van der Waals surface area contributed by atoms with Crippen LogP contribution in [0.1, 0.15) is 13.3 Å². The minimum atomic E-state index is -0.0663. The predicted octanol–water partition coefficient (Wildman–Crippen LogP) is 2.26. The van der Waals surface area contributed by atoms with Crippen LogP contribution in [0.25, 0.3) is 0 Å². The molecule has 2 rings (SSSR count). The van der Waals surface area contributed by atoms with Crippen molar-refractivity contribution in [2.75, 3.05) is 52.3 Å². The Bertz CT molecular complexity index is 499. The van der Waals surface area contributed by atoms with Gasteiger partial charge in [-0.15, -0.1) is 0 Å². The zero-order valence-corrected chi connectivity index (χ0v) is 13.6. The van der Waals surface area contributed by atoms with E-state index in [9.17, 15) is 4.79 Å². The van der Waals surface area contributed by atoms with Crippen LogP contribution in [0.2, 0.25) is 0 Å². The fourth-order valence-corrected chi connectivity index (χ4v) is 2.61. The average Bonchev–Trinajstić information content (AvgIpc) is 2.55. The van der Waals surface area contributed by atoms with Gasteiger partial charge in [0, 0.05) is 37.9 Å². The number of rotatable bonds is 5. The SMILES string of the molecule is CCCN1CCN(C(=O)Nc2ccc(OC)c(OC)c2)CC1. The van der Waals surface area contributed by atoms with E-state index in [1.165, 1.54) is 0 Å². The topological polar surface area (TPSA) is 54.0 Å². The summed E-state index contributed by atoms with van der Waals surface area (Å²) in [6, 6.07) is 5.30. The van der Waals surface area contributed by atoms with E-state index >= 15 is 0 Å². The number of piperazine rings is 1. The second-order valence-electron chi connectivity index (χ2n) is 5.33. The quantitative estimate of drug-likeness (QED) is 0.906. The van der Waals surface area contributed by atoms with Crippen LogP contribution < -0.4 is 14.8 Å². The molecule has 0 aliphatic carbocycles. The minimum Gasteiger partial charge on any atom is -0.493 e. The van der Waals surface area contributed by atoms with E-state index in [1.54, 1.807) is 26.4 Å². The second kappa shape index (κ2) is 7.89. The van der Waals surface area contributed by atoms with Crippen LogP contribution in [0.3, 0.4) is 0 Å². The number of nitrogens with one attached hydrogen (secondary N) is 1. The van der Waals surface area contributed by atoms with Crippen molar-refractivity contribution < 1.29 is 14.3 Å². The van der Waals surface area contributed by atoms with E-state index in [0.29, 0.717) is 17.2 Å². The lowest BCUT2D eigenvalue weighted by Crippen LogP contribution is -2.50. The number of nitrogens with zero attached hydrogens (tertiary/aromatic N) is 2. The lowest BCUT2D eigenvalue weighted by molar-refractivity contribution is 0.147. The summed E-state index contributed by atoms with van der Waals surface area (Å²) in [5, 5.41) is 2.92. The predicted molar refractivity (Wildman–Crippen MR) is 86.9 cm³/mol. The summed E-state index contributed by atoms with van der Waals surface area (Å²) in [4.78, 5) is 16.5. The number of carbonyl (C=O) groups is 1. The fourth-order valence-electron chi connectivity index (χ4n) is 2.61. The van der Waals surface area contributed by atoms with E-state index < -0.39 is 0 Å². The summed E-state index contributed by atoms with van der Waals surface area (Å²) in [6.45, 7) is 6.68. The Labute approximate surface area is 132 Å². The second-order valence-corrected chi connectivity index (χ2v) is 5.33. The van der Waals surface area contributed by atoms with E-state index in [1.807, 2.05) is 11.0 Å². The summed E-state index contributed by atoms with van der Waals surface area (Å²) >= 11 is 0. The third-order valence-electron chi connectivity index (χ3n) is 3.83. The standard InChI is InChI=1S/C16H25N3O3/c1-4-7-18-8-10-19(11-9-18)16(20)17-13-5-6-14(21-2)15(12-13)22-3/h5-6,12H,4,7-11H2,1-3H3,(H,17,20). The lowest BCUT2D eigenvalue weighted by Gasteiger charge is -2.34. The molecule has 1 heterocycles. The Balaban J connectivity index is 1.92. The van der Waals surface area contributed by atoms with Crippen molar-refractivity contribution in [2.45, 2.75) is 13.3 Å². The van der Waals surface area contributed by atoms with Gasteiger partial charge in [0.05, 0.1) is 14.2 Å². The van der Waals surface area contributed by atoms with Gasteiger partial charge >= 0.3 is 6.03 Å². The summed E-state index contributed by atoms with van der Waals surface area (Å²) in [6.07, 6.45) is 1.15. The molecule has 0 aromatic heterocycles. The van der Waals surface area contributed by atoms with Crippen LogP contribution >= 0.6 is 0 Å². The number of carbonyl (C=O) groups excluding carboxylic acids is 1. The zero-order valence-electron chi connectivity index (χ0n) is 13.6. The third kappa shape index (κ3) is 4.04. The van der Waals surface area contributed by atoms with E-state index in [-0.39, 0.29) is 6.03 Å². The van der Waals surface area contributed by atoms with Gasteiger partial charge in [0.1, 0.15) is 0 Å². The van der Waals surface area contributed by atoms with Crippen LogP contribution in [-0.2, 0) is 0 Å². The van der Waals surface area contributed by atoms with Crippen molar-refractivity contribution in [3.8, 4) is 11.5 Å². The molecule has 0 atom stereocenters. The number of amides is 2. The van der Waals surface area contributed by atoms with E-state index in [4.69, 9.17) is 9.47 Å². The number of anilines is 1. The molecule has 1 N–H and O–H groups in total. The molecule has 6 nitrogen and oxygen atoms in total. The van der Waals surface area contributed by atoms with Crippen molar-refractivity contribution in [3.05, 3.63) is 18.2 Å². The van der Waals surface area contributed by atoms with Gasteiger partial charge in [-0.3, -0.25) is 4.90 Å². The van der Waals surface area contributed by atoms with Crippen molar-refractivity contribution in [1.82, 2.24) is 9.80 Å². The monoisotopic (exact) mass is 307 g/mol. The molecule has 1 saturated heterocycles. The first kappa shape index (κ1) is 16.4. The highest BCUT2D eigenvalue weighted by molar-refractivity contribution is 5.89. The summed E-state index contributed by atoms with van der Waals surface area (Å²) in [5.41, 5.74) is 0.707. The van der Waals surface area contributed by atoms with Gasteiger partial charge in [-0.05, 0) is 25.1 Å². The molecule has 0 unspecified atom stereocenters. The fraction of sp³-hybridized carbons (Fsp3) is 0.562. The Kier molecular flexibility index (Phi) is 5.89. The Hall–Kier alpha value is -1.95. The molecule has 0 spiro atoms. The van der Waals surface area contributed by atoms with Crippen molar-refractivity contribution >= 4 is 11.7 Å². The molecule has 6 heteroatoms. The maximum absolute atomic E-state index is 12.3. The van der Waals surface area contributed by atoms with Crippen molar-refractivity contribution in [3.63, 3.8) is 0 Å². The summed E-state index contributed by atoms with van der Waals surface area (Å²) < 4.78 is 10.4. The number of benzene rings is 1. The molecular formula is C16H25N3O3. The molecule has 1 fully saturated rings. The normalized spacial score (nSPS) is 15.5. The maximum Gasteiger partial charge on any atom is 0.321 e. The molecule has 0 radical (unpaired) electrons. The highest BCUT2D eigenvalue weighted by Gasteiger charge is 2.20. The first-order valence-corrected chi connectivity index (χ1v) is 7.68. The van der Waals surface area contributed by atoms with Gasteiger partial charge in [0.25, 0.3) is 0 Å². The molecule has 0 bridgehead atoms. The Morgan fingerprint density at radius 2 is 1.82 bits per heavy atom. The molecule has 1 aliphatic rings. The van der Waals surface area contributed by atoms with Crippen molar-refractivity contribution in [2.24, 2.45) is 0 Å². The third-order valence-corrected chi connectivity index (χ3v) is 3.83. The summed E-state index contributed by atoms with van der Waals surface area (Å²) in [5.74, 6) is 1.25. The number of methoxy groups -OCH3 is 2. The maximum atomic E-state index is 12.3. The smallest absolute Gasteiger partial charge is 0.321 e. The number of hydrogen-bond donors (Lipinski definition) is 1.